The molecule has 0 saturated heterocycles. The monoisotopic (exact) mass is 447 g/mol. The van der Waals surface area contributed by atoms with Crippen LogP contribution in [0.25, 0.3) is 17.5 Å². The Kier molecular flexibility index (Phi) is 5.79. The van der Waals surface area contributed by atoms with E-state index in [1.807, 2.05) is 36.4 Å². The number of thiazole rings is 1. The standard InChI is InChI=1S/C24H21N3O4S/c1-2-31-24(30)19-17(15-11-7-4-8-12-15)18(21(26)28)20(25)27-22(29)16(32-23(19)27)13-14-9-5-3-6-10-14/h3-13,17H,2,25H2,1H3,(H2,26,28)/b16-13+. The van der Waals surface area contributed by atoms with E-state index in [2.05, 4.69) is 0 Å². The molecule has 0 spiro atoms. The topological polar surface area (TPSA) is 117 Å². The average Bonchev–Trinajstić information content (AvgIpc) is 3.10. The Morgan fingerprint density at radius 2 is 1.69 bits per heavy atom. The van der Waals surface area contributed by atoms with E-state index in [1.165, 1.54) is 4.57 Å². The summed E-state index contributed by atoms with van der Waals surface area (Å²) in [7, 11) is 0. The fourth-order valence-electron chi connectivity index (χ4n) is 3.78. The second kappa shape index (κ2) is 8.68. The molecular weight excluding hydrogens is 426 g/mol. The van der Waals surface area contributed by atoms with Crippen LogP contribution in [0.4, 0.5) is 0 Å². The number of carbonyl (C=O) groups is 2. The minimum Gasteiger partial charge on any atom is -0.463 e. The highest BCUT2D eigenvalue weighted by Crippen LogP contribution is 2.36. The van der Waals surface area contributed by atoms with Crippen molar-refractivity contribution in [3.63, 3.8) is 0 Å². The number of ether oxygens (including phenoxy) is 1. The first kappa shape index (κ1) is 21.3. The van der Waals surface area contributed by atoms with Gasteiger partial charge in [-0.15, -0.1) is 11.3 Å². The lowest BCUT2D eigenvalue weighted by molar-refractivity contribution is -0.136. The van der Waals surface area contributed by atoms with Gasteiger partial charge in [-0.3, -0.25) is 14.2 Å². The third-order valence-corrected chi connectivity index (χ3v) is 6.25. The van der Waals surface area contributed by atoms with Crippen molar-refractivity contribution < 1.29 is 14.3 Å². The van der Waals surface area contributed by atoms with Crippen molar-refractivity contribution in [1.82, 2.24) is 4.57 Å². The van der Waals surface area contributed by atoms with Gasteiger partial charge in [-0.2, -0.15) is 0 Å². The normalized spacial score (nSPS) is 16.1. The van der Waals surface area contributed by atoms with Crippen LogP contribution < -0.4 is 26.2 Å². The summed E-state index contributed by atoms with van der Waals surface area (Å²) in [6, 6.07) is 18.3. The summed E-state index contributed by atoms with van der Waals surface area (Å²) in [5.74, 6) is -2.37. The SMILES string of the molecule is CCOC(=O)C1=c2s/c(=C/c3ccccc3)c(=O)n2C(N)=C(C(N)=O)C1c1ccccc1. The van der Waals surface area contributed by atoms with Crippen molar-refractivity contribution in [2.45, 2.75) is 12.8 Å². The highest BCUT2D eigenvalue weighted by molar-refractivity contribution is 7.07. The van der Waals surface area contributed by atoms with Gasteiger partial charge in [-0.05, 0) is 24.1 Å². The molecule has 0 bridgehead atoms. The van der Waals surface area contributed by atoms with Gasteiger partial charge in [0.2, 0.25) is 5.91 Å². The molecule has 1 aliphatic rings. The molecule has 1 unspecified atom stereocenters. The van der Waals surface area contributed by atoms with Gasteiger partial charge in [0.25, 0.3) is 5.56 Å². The molecule has 162 valence electrons. The summed E-state index contributed by atoms with van der Waals surface area (Å²) in [6.45, 7) is 1.82. The zero-order chi connectivity index (χ0) is 22.8. The molecule has 4 N–H and O–H groups in total. The van der Waals surface area contributed by atoms with Gasteiger partial charge in [-0.1, -0.05) is 60.7 Å². The molecule has 7 nitrogen and oxygen atoms in total. The zero-order valence-corrected chi connectivity index (χ0v) is 18.1. The maximum absolute atomic E-state index is 13.3. The largest absolute Gasteiger partial charge is 0.463 e. The van der Waals surface area contributed by atoms with Gasteiger partial charge in [0.1, 0.15) is 10.5 Å². The van der Waals surface area contributed by atoms with Crippen LogP contribution in [0.5, 0.6) is 0 Å². The van der Waals surface area contributed by atoms with E-state index in [0.29, 0.717) is 14.8 Å². The molecule has 8 heteroatoms. The maximum atomic E-state index is 13.3. The zero-order valence-electron chi connectivity index (χ0n) is 17.3. The van der Waals surface area contributed by atoms with Gasteiger partial charge >= 0.3 is 5.97 Å². The van der Waals surface area contributed by atoms with Crippen LogP contribution in [-0.4, -0.2) is 23.1 Å². The third-order valence-electron chi connectivity index (χ3n) is 5.14. The van der Waals surface area contributed by atoms with Gasteiger partial charge in [-0.25, -0.2) is 4.79 Å². The first-order chi connectivity index (χ1) is 15.4. The molecular formula is C24H21N3O4S. The molecule has 0 saturated carbocycles. The molecule has 1 aromatic heterocycles. The lowest BCUT2D eigenvalue weighted by atomic mass is 9.83. The molecule has 0 aliphatic carbocycles. The fraction of sp³-hybridized carbons (Fsp3) is 0.125. The van der Waals surface area contributed by atoms with Crippen LogP contribution in [-0.2, 0) is 14.3 Å². The van der Waals surface area contributed by atoms with Gasteiger partial charge in [0.05, 0.1) is 28.2 Å². The summed E-state index contributed by atoms with van der Waals surface area (Å²) in [5, 5.41) is 0. The first-order valence-corrected chi connectivity index (χ1v) is 10.8. The van der Waals surface area contributed by atoms with E-state index in [4.69, 9.17) is 16.2 Å². The number of fused-ring (bicyclic) bond motifs is 1. The van der Waals surface area contributed by atoms with E-state index >= 15 is 0 Å². The van der Waals surface area contributed by atoms with Crippen LogP contribution in [0.2, 0.25) is 0 Å². The summed E-state index contributed by atoms with van der Waals surface area (Å²) in [4.78, 5) is 38.9. The Bertz CT molecular complexity index is 1400. The number of primary amides is 1. The van der Waals surface area contributed by atoms with Crippen molar-refractivity contribution in [3.8, 4) is 0 Å². The van der Waals surface area contributed by atoms with Crippen LogP contribution in [0.3, 0.4) is 0 Å². The lowest BCUT2D eigenvalue weighted by Gasteiger charge is -2.26. The maximum Gasteiger partial charge on any atom is 0.337 e. The van der Waals surface area contributed by atoms with Gasteiger partial charge < -0.3 is 16.2 Å². The number of hydrogen-bond acceptors (Lipinski definition) is 6. The molecule has 0 radical (unpaired) electrons. The number of carbonyl (C=O) groups excluding carboxylic acids is 2. The number of amides is 1. The van der Waals surface area contributed by atoms with E-state index < -0.39 is 23.4 Å². The van der Waals surface area contributed by atoms with Crippen molar-refractivity contribution in [2.75, 3.05) is 6.61 Å². The molecule has 1 atom stereocenters. The minimum absolute atomic E-state index is 0.0158. The van der Waals surface area contributed by atoms with Gasteiger partial charge in [0, 0.05) is 0 Å². The smallest absolute Gasteiger partial charge is 0.337 e. The van der Waals surface area contributed by atoms with E-state index in [1.54, 1.807) is 37.3 Å². The number of rotatable bonds is 5. The molecule has 0 fully saturated rings. The van der Waals surface area contributed by atoms with E-state index in [9.17, 15) is 14.4 Å². The Hall–Kier alpha value is -3.91. The van der Waals surface area contributed by atoms with Crippen LogP contribution in [0.1, 0.15) is 24.0 Å². The predicted octanol–water partition coefficient (Wildman–Crippen LogP) is 0.862. The molecule has 1 amide bonds. The van der Waals surface area contributed by atoms with E-state index in [-0.39, 0.29) is 23.6 Å². The van der Waals surface area contributed by atoms with Gasteiger partial charge in [0.15, 0.2) is 0 Å². The number of nitrogens with zero attached hydrogens (tertiary/aromatic N) is 1. The van der Waals surface area contributed by atoms with Crippen LogP contribution in [0.15, 0.2) is 71.0 Å². The van der Waals surface area contributed by atoms with Crippen LogP contribution >= 0.6 is 11.3 Å². The minimum atomic E-state index is -0.852. The summed E-state index contributed by atoms with van der Waals surface area (Å²) in [6.07, 6.45) is 1.72. The molecule has 3 aromatic rings. The first-order valence-electron chi connectivity index (χ1n) is 9.98. The number of benzene rings is 2. The van der Waals surface area contributed by atoms with Crippen LogP contribution in [0, 0.1) is 0 Å². The highest BCUT2D eigenvalue weighted by Gasteiger charge is 2.38. The summed E-state index contributed by atoms with van der Waals surface area (Å²) < 4.78 is 7.19. The number of nitrogens with two attached hydrogens (primary N) is 2. The highest BCUT2D eigenvalue weighted by atomic mass is 32.1. The van der Waals surface area contributed by atoms with Crippen molar-refractivity contribution in [2.24, 2.45) is 11.5 Å². The lowest BCUT2D eigenvalue weighted by Crippen LogP contribution is -2.42. The molecule has 32 heavy (non-hydrogen) atoms. The molecule has 2 heterocycles. The number of esters is 1. The predicted molar refractivity (Wildman–Crippen MR) is 124 cm³/mol. The molecule has 2 aromatic carbocycles. The summed E-state index contributed by atoms with van der Waals surface area (Å²) in [5.41, 5.74) is 13.2. The van der Waals surface area contributed by atoms with Crippen molar-refractivity contribution >= 4 is 40.7 Å². The molecule has 4 rings (SSSR count). The number of hydrogen-bond donors (Lipinski definition) is 2. The average molecular weight is 448 g/mol. The quantitative estimate of drug-likeness (QED) is 0.563. The Morgan fingerprint density at radius 1 is 1.06 bits per heavy atom. The number of aromatic nitrogens is 1. The molecule has 1 aliphatic heterocycles. The Labute approximate surface area is 187 Å². The van der Waals surface area contributed by atoms with Crippen molar-refractivity contribution in [1.29, 1.82) is 0 Å². The third kappa shape index (κ3) is 3.65. The van der Waals surface area contributed by atoms with E-state index in [0.717, 1.165) is 16.9 Å². The second-order valence-corrected chi connectivity index (χ2v) is 8.14. The fourth-order valence-corrected chi connectivity index (χ4v) is 4.95. The Morgan fingerprint density at radius 3 is 2.28 bits per heavy atom. The summed E-state index contributed by atoms with van der Waals surface area (Å²) >= 11 is 1.13. The van der Waals surface area contributed by atoms with Crippen molar-refractivity contribution in [3.05, 3.63) is 96.9 Å². The second-order valence-electron chi connectivity index (χ2n) is 7.11. The Balaban J connectivity index is 2.13.